The number of aliphatic hydroxyl groups excluding tert-OH is 1. The lowest BCUT2D eigenvalue weighted by molar-refractivity contribution is -0.134. The maximum Gasteiger partial charge on any atom is 0.270 e. The number of pyridine rings is 1. The molecule has 2 N–H and O–H groups in total. The van der Waals surface area contributed by atoms with Gasteiger partial charge in [-0.15, -0.1) is 11.3 Å². The summed E-state index contributed by atoms with van der Waals surface area (Å²) in [5.41, 5.74) is 3.08. The number of amides is 2. The highest BCUT2D eigenvalue weighted by Crippen LogP contribution is 2.17. The van der Waals surface area contributed by atoms with Gasteiger partial charge in [0.2, 0.25) is 5.91 Å². The Morgan fingerprint density at radius 3 is 2.88 bits per heavy atom. The van der Waals surface area contributed by atoms with Crippen LogP contribution < -0.4 is 5.32 Å². The number of aliphatic hydroxyl groups is 1. The lowest BCUT2D eigenvalue weighted by Gasteiger charge is -2.36. The number of thiazole rings is 1. The van der Waals surface area contributed by atoms with Crippen LogP contribution in [-0.4, -0.2) is 57.0 Å². The Balaban J connectivity index is 1.49. The number of likely N-dealkylation sites (tertiary alicyclic amines) is 1. The number of piperidine rings is 1. The van der Waals surface area contributed by atoms with Gasteiger partial charge in [-0.25, -0.2) is 4.98 Å². The summed E-state index contributed by atoms with van der Waals surface area (Å²) in [6.07, 6.45) is 2.36. The van der Waals surface area contributed by atoms with Crippen LogP contribution in [-0.2, 0) is 11.2 Å². The number of carbonyl (C=O) groups excluding carboxylic acids is 2. The van der Waals surface area contributed by atoms with E-state index in [1.165, 1.54) is 0 Å². The molecule has 7 nitrogen and oxygen atoms in total. The van der Waals surface area contributed by atoms with E-state index in [1.807, 2.05) is 6.92 Å². The van der Waals surface area contributed by atoms with E-state index in [-0.39, 0.29) is 24.4 Å². The van der Waals surface area contributed by atoms with Crippen molar-refractivity contribution in [3.05, 3.63) is 46.2 Å². The van der Waals surface area contributed by atoms with Crippen LogP contribution in [0.5, 0.6) is 0 Å². The van der Waals surface area contributed by atoms with E-state index in [1.54, 1.807) is 46.1 Å². The average molecular weight is 374 g/mol. The molecule has 2 atom stereocenters. The van der Waals surface area contributed by atoms with Gasteiger partial charge in [-0.3, -0.25) is 14.6 Å². The van der Waals surface area contributed by atoms with Gasteiger partial charge in [-0.05, 0) is 31.9 Å². The Morgan fingerprint density at radius 1 is 1.38 bits per heavy atom. The number of β-amino-alcohol motifs (C(OH)–C–C–N with tert-alkyl or cyclic N) is 1. The summed E-state index contributed by atoms with van der Waals surface area (Å²) in [7, 11) is 0. The summed E-state index contributed by atoms with van der Waals surface area (Å²) in [4.78, 5) is 35.6. The SMILES string of the molecule is Cc1ncsc1CCC(=O)N1CC[C@@H](NC(=O)c2ccccn2)[C@H](O)C1. The maximum absolute atomic E-state index is 12.4. The Labute approximate surface area is 156 Å². The summed E-state index contributed by atoms with van der Waals surface area (Å²) in [5.74, 6) is -0.290. The highest BCUT2D eigenvalue weighted by Gasteiger charge is 2.31. The highest BCUT2D eigenvalue weighted by molar-refractivity contribution is 7.09. The summed E-state index contributed by atoms with van der Waals surface area (Å²) >= 11 is 1.56. The monoisotopic (exact) mass is 374 g/mol. The van der Waals surface area contributed by atoms with Crippen LogP contribution in [0, 0.1) is 6.92 Å². The molecule has 0 spiro atoms. The molecule has 1 fully saturated rings. The third kappa shape index (κ3) is 4.44. The summed E-state index contributed by atoms with van der Waals surface area (Å²) in [5, 5.41) is 13.2. The zero-order valence-electron chi connectivity index (χ0n) is 14.6. The highest BCUT2D eigenvalue weighted by atomic mass is 32.1. The van der Waals surface area contributed by atoms with Gasteiger partial charge < -0.3 is 15.3 Å². The van der Waals surface area contributed by atoms with Crippen molar-refractivity contribution in [3.8, 4) is 0 Å². The summed E-state index contributed by atoms with van der Waals surface area (Å²) in [6.45, 7) is 2.69. The van der Waals surface area contributed by atoms with Crippen LogP contribution in [0.25, 0.3) is 0 Å². The predicted molar refractivity (Wildman–Crippen MR) is 97.9 cm³/mol. The van der Waals surface area contributed by atoms with Crippen molar-refractivity contribution in [2.75, 3.05) is 13.1 Å². The normalized spacial score (nSPS) is 20.0. The zero-order chi connectivity index (χ0) is 18.5. The third-order valence-corrected chi connectivity index (χ3v) is 5.55. The number of hydrogen-bond acceptors (Lipinski definition) is 6. The Bertz CT molecular complexity index is 765. The number of aryl methyl sites for hydroxylation is 2. The van der Waals surface area contributed by atoms with Crippen molar-refractivity contribution in [3.63, 3.8) is 0 Å². The van der Waals surface area contributed by atoms with Gasteiger partial charge in [-0.2, -0.15) is 0 Å². The van der Waals surface area contributed by atoms with Gasteiger partial charge in [-0.1, -0.05) is 6.07 Å². The van der Waals surface area contributed by atoms with Crippen LogP contribution >= 0.6 is 11.3 Å². The molecule has 138 valence electrons. The van der Waals surface area contributed by atoms with E-state index in [0.29, 0.717) is 31.5 Å². The molecular weight excluding hydrogens is 352 g/mol. The minimum atomic E-state index is -0.787. The quantitative estimate of drug-likeness (QED) is 0.819. The van der Waals surface area contributed by atoms with Gasteiger partial charge in [0, 0.05) is 30.6 Å². The molecule has 2 amide bonds. The van der Waals surface area contributed by atoms with Gasteiger partial charge >= 0.3 is 0 Å². The molecule has 2 aromatic heterocycles. The molecule has 0 bridgehead atoms. The Kier molecular flexibility index (Phi) is 5.95. The molecule has 0 aromatic carbocycles. The first-order chi connectivity index (χ1) is 12.5. The first-order valence-electron chi connectivity index (χ1n) is 8.61. The number of nitrogens with one attached hydrogen (secondary N) is 1. The molecule has 0 saturated carbocycles. The standard InChI is InChI=1S/C18H22N4O3S/c1-12-16(26-11-20-12)5-6-17(24)22-9-7-13(15(23)10-22)21-18(25)14-4-2-3-8-19-14/h2-4,8,11,13,15,23H,5-7,9-10H2,1H3,(H,21,25)/t13-,15-/m1/s1. The van der Waals surface area contributed by atoms with Crippen molar-refractivity contribution in [2.24, 2.45) is 0 Å². The van der Waals surface area contributed by atoms with Crippen molar-refractivity contribution in [2.45, 2.75) is 38.3 Å². The molecule has 3 rings (SSSR count). The molecule has 0 radical (unpaired) electrons. The van der Waals surface area contributed by atoms with Gasteiger partial charge in [0.05, 0.1) is 23.4 Å². The molecule has 2 aromatic rings. The van der Waals surface area contributed by atoms with Crippen LogP contribution in [0.3, 0.4) is 0 Å². The van der Waals surface area contributed by atoms with E-state index >= 15 is 0 Å². The lowest BCUT2D eigenvalue weighted by Crippen LogP contribution is -2.55. The fourth-order valence-corrected chi connectivity index (χ4v) is 3.79. The molecule has 0 aliphatic carbocycles. The first-order valence-corrected chi connectivity index (χ1v) is 9.49. The van der Waals surface area contributed by atoms with Crippen LogP contribution in [0.1, 0.15) is 33.9 Å². The maximum atomic E-state index is 12.4. The largest absolute Gasteiger partial charge is 0.389 e. The fourth-order valence-electron chi connectivity index (χ4n) is 3.01. The third-order valence-electron chi connectivity index (χ3n) is 4.56. The zero-order valence-corrected chi connectivity index (χ0v) is 15.4. The number of aromatic nitrogens is 2. The van der Waals surface area contributed by atoms with Crippen LogP contribution in [0.2, 0.25) is 0 Å². The molecular formula is C18H22N4O3S. The molecule has 3 heterocycles. The Hall–Kier alpha value is -2.32. The molecule has 8 heteroatoms. The number of rotatable bonds is 5. The summed E-state index contributed by atoms with van der Waals surface area (Å²) < 4.78 is 0. The lowest BCUT2D eigenvalue weighted by atomic mass is 10.0. The van der Waals surface area contributed by atoms with Crippen molar-refractivity contribution >= 4 is 23.2 Å². The molecule has 0 unspecified atom stereocenters. The van der Waals surface area contributed by atoms with Crippen molar-refractivity contribution in [1.29, 1.82) is 0 Å². The average Bonchev–Trinajstić information content (AvgIpc) is 3.07. The number of nitrogens with zero attached hydrogens (tertiary/aromatic N) is 3. The first kappa shape index (κ1) is 18.5. The van der Waals surface area contributed by atoms with Crippen molar-refractivity contribution in [1.82, 2.24) is 20.2 Å². The second-order valence-electron chi connectivity index (χ2n) is 6.35. The van der Waals surface area contributed by atoms with Gasteiger partial charge in [0.1, 0.15) is 5.69 Å². The van der Waals surface area contributed by atoms with Crippen molar-refractivity contribution < 1.29 is 14.7 Å². The minimum Gasteiger partial charge on any atom is -0.389 e. The van der Waals surface area contributed by atoms with E-state index in [9.17, 15) is 14.7 Å². The molecule has 1 saturated heterocycles. The second-order valence-corrected chi connectivity index (χ2v) is 7.29. The number of carbonyl (C=O) groups is 2. The minimum absolute atomic E-state index is 0.0198. The van der Waals surface area contributed by atoms with Crippen LogP contribution in [0.15, 0.2) is 29.9 Å². The topological polar surface area (TPSA) is 95.4 Å². The second kappa shape index (κ2) is 8.37. The smallest absolute Gasteiger partial charge is 0.270 e. The van der Waals surface area contributed by atoms with E-state index in [0.717, 1.165) is 10.6 Å². The molecule has 26 heavy (non-hydrogen) atoms. The van der Waals surface area contributed by atoms with E-state index in [2.05, 4.69) is 15.3 Å². The van der Waals surface area contributed by atoms with Gasteiger partial charge in [0.15, 0.2) is 0 Å². The predicted octanol–water partition coefficient (Wildman–Crippen LogP) is 1.17. The van der Waals surface area contributed by atoms with E-state index < -0.39 is 6.10 Å². The van der Waals surface area contributed by atoms with Gasteiger partial charge in [0.25, 0.3) is 5.91 Å². The molecule has 1 aliphatic rings. The van der Waals surface area contributed by atoms with E-state index in [4.69, 9.17) is 0 Å². The molecule has 1 aliphatic heterocycles. The fraction of sp³-hybridized carbons (Fsp3) is 0.444. The summed E-state index contributed by atoms with van der Waals surface area (Å²) in [6, 6.07) is 4.73. The van der Waals surface area contributed by atoms with Crippen LogP contribution in [0.4, 0.5) is 0 Å². The Morgan fingerprint density at radius 2 is 2.23 bits per heavy atom. The number of hydrogen-bond donors (Lipinski definition) is 2.